The van der Waals surface area contributed by atoms with Crippen molar-refractivity contribution in [1.82, 2.24) is 4.57 Å². The van der Waals surface area contributed by atoms with Crippen molar-refractivity contribution < 1.29 is 9.47 Å². The standard InChI is InChI=1S/C20H15Br2NO2/c1-24-17-11-14(21)20(25-2)18(22)19(17)23-15-9-5-3-7-12(15)13-8-4-6-10-16(13)23/h3-11H,1-2H3. The number of hydrogen-bond donors (Lipinski definition) is 0. The van der Waals surface area contributed by atoms with E-state index in [1.165, 1.54) is 10.8 Å². The predicted molar refractivity (Wildman–Crippen MR) is 109 cm³/mol. The van der Waals surface area contributed by atoms with Gasteiger partial charge in [-0.1, -0.05) is 36.4 Å². The molecule has 1 heterocycles. The highest BCUT2D eigenvalue weighted by atomic mass is 79.9. The van der Waals surface area contributed by atoms with E-state index in [1.807, 2.05) is 18.2 Å². The van der Waals surface area contributed by atoms with Gasteiger partial charge in [0.25, 0.3) is 0 Å². The molecule has 1 aromatic heterocycles. The number of halogens is 2. The molecule has 4 aromatic rings. The summed E-state index contributed by atoms with van der Waals surface area (Å²) in [4.78, 5) is 0. The normalized spacial score (nSPS) is 11.2. The lowest BCUT2D eigenvalue weighted by Gasteiger charge is -2.18. The van der Waals surface area contributed by atoms with Gasteiger partial charge in [0.05, 0.1) is 34.2 Å². The Kier molecular flexibility index (Phi) is 4.21. The molecule has 3 aromatic carbocycles. The van der Waals surface area contributed by atoms with Crippen LogP contribution in [0.2, 0.25) is 0 Å². The van der Waals surface area contributed by atoms with E-state index in [0.29, 0.717) is 0 Å². The summed E-state index contributed by atoms with van der Waals surface area (Å²) in [6.07, 6.45) is 0. The molecule has 4 rings (SSSR count). The second-order valence-electron chi connectivity index (χ2n) is 5.63. The minimum absolute atomic E-state index is 0.734. The average molecular weight is 461 g/mol. The molecule has 0 aliphatic carbocycles. The van der Waals surface area contributed by atoms with Crippen molar-refractivity contribution in [2.24, 2.45) is 0 Å². The van der Waals surface area contributed by atoms with E-state index in [9.17, 15) is 0 Å². The molecule has 3 nitrogen and oxygen atoms in total. The molecule has 0 aliphatic rings. The summed E-state index contributed by atoms with van der Waals surface area (Å²) in [5.74, 6) is 1.49. The van der Waals surface area contributed by atoms with E-state index in [4.69, 9.17) is 9.47 Å². The van der Waals surface area contributed by atoms with Crippen LogP contribution in [0.25, 0.3) is 27.5 Å². The van der Waals surface area contributed by atoms with Crippen LogP contribution in [0.3, 0.4) is 0 Å². The molecular weight excluding hydrogens is 446 g/mol. The van der Waals surface area contributed by atoms with Crippen LogP contribution in [0.5, 0.6) is 11.5 Å². The molecule has 0 saturated carbocycles. The number of hydrogen-bond acceptors (Lipinski definition) is 2. The first kappa shape index (κ1) is 16.5. The van der Waals surface area contributed by atoms with E-state index in [0.717, 1.165) is 37.2 Å². The van der Waals surface area contributed by atoms with Crippen molar-refractivity contribution in [1.29, 1.82) is 0 Å². The zero-order valence-corrected chi connectivity index (χ0v) is 16.9. The van der Waals surface area contributed by atoms with Crippen LogP contribution >= 0.6 is 31.9 Å². The maximum absolute atomic E-state index is 5.69. The van der Waals surface area contributed by atoms with E-state index in [-0.39, 0.29) is 0 Å². The number of aromatic nitrogens is 1. The van der Waals surface area contributed by atoms with Gasteiger partial charge in [0.2, 0.25) is 0 Å². The van der Waals surface area contributed by atoms with Crippen molar-refractivity contribution >= 4 is 53.7 Å². The molecule has 126 valence electrons. The largest absolute Gasteiger partial charge is 0.494 e. The summed E-state index contributed by atoms with van der Waals surface area (Å²) in [7, 11) is 3.34. The van der Waals surface area contributed by atoms with Crippen LogP contribution in [0.1, 0.15) is 0 Å². The van der Waals surface area contributed by atoms with Crippen molar-refractivity contribution in [2.45, 2.75) is 0 Å². The van der Waals surface area contributed by atoms with Gasteiger partial charge in [0.1, 0.15) is 17.2 Å². The molecule has 25 heavy (non-hydrogen) atoms. The first-order valence-electron chi connectivity index (χ1n) is 7.76. The maximum atomic E-state index is 5.69. The number of para-hydroxylation sites is 2. The Bertz CT molecular complexity index is 1050. The summed E-state index contributed by atoms with van der Waals surface area (Å²) in [5, 5.41) is 2.41. The molecule has 0 bridgehead atoms. The van der Waals surface area contributed by atoms with Crippen molar-refractivity contribution in [3.8, 4) is 17.2 Å². The first-order valence-corrected chi connectivity index (χ1v) is 9.34. The lowest BCUT2D eigenvalue weighted by Crippen LogP contribution is -2.01. The van der Waals surface area contributed by atoms with Crippen molar-refractivity contribution in [3.05, 3.63) is 63.5 Å². The smallest absolute Gasteiger partial charge is 0.149 e. The van der Waals surface area contributed by atoms with Crippen LogP contribution in [0.15, 0.2) is 63.5 Å². The van der Waals surface area contributed by atoms with Crippen molar-refractivity contribution in [3.63, 3.8) is 0 Å². The van der Waals surface area contributed by atoms with Gasteiger partial charge < -0.3 is 14.0 Å². The molecule has 0 N–H and O–H groups in total. The quantitative estimate of drug-likeness (QED) is 0.356. The Labute approximate surface area is 162 Å². The fraction of sp³-hybridized carbons (Fsp3) is 0.100. The minimum Gasteiger partial charge on any atom is -0.494 e. The van der Waals surface area contributed by atoms with E-state index in [2.05, 4.69) is 72.8 Å². The third kappa shape index (κ3) is 2.45. The van der Waals surface area contributed by atoms with Crippen molar-refractivity contribution in [2.75, 3.05) is 14.2 Å². The lowest BCUT2D eigenvalue weighted by molar-refractivity contribution is 0.397. The summed E-state index contributed by atoms with van der Waals surface area (Å²) in [6, 6.07) is 18.7. The predicted octanol–water partition coefficient (Wildman–Crippen LogP) is 6.33. The van der Waals surface area contributed by atoms with Crippen LogP contribution in [-0.4, -0.2) is 18.8 Å². The lowest BCUT2D eigenvalue weighted by atomic mass is 10.2. The molecule has 0 fully saturated rings. The number of fused-ring (bicyclic) bond motifs is 3. The third-order valence-corrected chi connectivity index (χ3v) is 5.67. The molecule has 0 spiro atoms. The fourth-order valence-corrected chi connectivity index (χ4v) is 4.87. The van der Waals surface area contributed by atoms with Gasteiger partial charge in [-0.25, -0.2) is 0 Å². The highest BCUT2D eigenvalue weighted by Crippen LogP contribution is 2.46. The average Bonchev–Trinajstić information content (AvgIpc) is 2.96. The summed E-state index contributed by atoms with van der Waals surface area (Å²) in [6.45, 7) is 0. The van der Waals surface area contributed by atoms with E-state index in [1.54, 1.807) is 14.2 Å². The Morgan fingerprint density at radius 3 is 1.88 bits per heavy atom. The fourth-order valence-electron chi connectivity index (χ4n) is 3.28. The summed E-state index contributed by atoms with van der Waals surface area (Å²) >= 11 is 7.27. The van der Waals surface area contributed by atoms with E-state index >= 15 is 0 Å². The summed E-state index contributed by atoms with van der Waals surface area (Å²) in [5.41, 5.74) is 3.15. The molecule has 0 unspecified atom stereocenters. The SMILES string of the molecule is COc1cc(Br)c(OC)c(Br)c1-n1c2ccccc2c2ccccc21. The van der Waals surface area contributed by atoms with Gasteiger partial charge in [-0.2, -0.15) is 0 Å². The number of benzene rings is 3. The van der Waals surface area contributed by atoms with E-state index < -0.39 is 0 Å². The zero-order chi connectivity index (χ0) is 17.6. The molecule has 0 amide bonds. The van der Waals surface area contributed by atoms with Crippen LogP contribution in [0, 0.1) is 0 Å². The molecule has 5 heteroatoms. The Hall–Kier alpha value is -1.98. The monoisotopic (exact) mass is 459 g/mol. The molecular formula is C20H15Br2NO2. The Balaban J connectivity index is 2.22. The minimum atomic E-state index is 0.734. The van der Waals surface area contributed by atoms with Gasteiger partial charge in [0, 0.05) is 16.8 Å². The topological polar surface area (TPSA) is 23.4 Å². The molecule has 0 aliphatic heterocycles. The van der Waals surface area contributed by atoms with Gasteiger partial charge in [-0.3, -0.25) is 0 Å². The molecule has 0 radical (unpaired) electrons. The Morgan fingerprint density at radius 2 is 1.36 bits per heavy atom. The number of methoxy groups -OCH3 is 2. The van der Waals surface area contributed by atoms with Gasteiger partial charge >= 0.3 is 0 Å². The highest BCUT2D eigenvalue weighted by Gasteiger charge is 2.22. The van der Waals surface area contributed by atoms with Gasteiger partial charge in [-0.05, 0) is 44.0 Å². The zero-order valence-electron chi connectivity index (χ0n) is 13.7. The highest BCUT2D eigenvalue weighted by molar-refractivity contribution is 9.11. The molecule has 0 atom stereocenters. The number of ether oxygens (including phenoxy) is 2. The number of nitrogens with zero attached hydrogens (tertiary/aromatic N) is 1. The number of rotatable bonds is 3. The third-order valence-electron chi connectivity index (χ3n) is 4.34. The Morgan fingerprint density at radius 1 is 0.800 bits per heavy atom. The van der Waals surface area contributed by atoms with Crippen LogP contribution < -0.4 is 9.47 Å². The summed E-state index contributed by atoms with van der Waals surface area (Å²) < 4.78 is 15.2. The second kappa shape index (κ2) is 6.39. The van der Waals surface area contributed by atoms with Crippen LogP contribution in [0.4, 0.5) is 0 Å². The first-order chi connectivity index (χ1) is 12.2. The van der Waals surface area contributed by atoms with Gasteiger partial charge in [-0.15, -0.1) is 0 Å². The maximum Gasteiger partial charge on any atom is 0.149 e. The van der Waals surface area contributed by atoms with Gasteiger partial charge in [0.15, 0.2) is 0 Å². The second-order valence-corrected chi connectivity index (χ2v) is 7.27. The molecule has 0 saturated heterocycles. The van der Waals surface area contributed by atoms with Crippen LogP contribution in [-0.2, 0) is 0 Å².